The number of nitrogens with one attached hydrogen (secondary N) is 1. The lowest BCUT2D eigenvalue weighted by molar-refractivity contribution is -0.133. The molecule has 118 valence electrons. The second-order valence-electron chi connectivity index (χ2n) is 6.23. The Morgan fingerprint density at radius 1 is 1.29 bits per heavy atom. The summed E-state index contributed by atoms with van der Waals surface area (Å²) in [6.07, 6.45) is 1.62. The standard InChI is InChI=1S/C17H26N2O.ClH/c1-13(2)10-15-4-6-16(7-5-15)11-17(20)19-9-8-18-12-14(19)3;/h4-7,13-14,18H,8-12H2,1-3H3;1H/t14-;/m0./s1. The predicted octanol–water partition coefficient (Wildman–Crippen LogP) is 2.67. The zero-order chi connectivity index (χ0) is 14.5. The Balaban J connectivity index is 0.00000220. The van der Waals surface area contributed by atoms with Crippen molar-refractivity contribution >= 4 is 18.3 Å². The summed E-state index contributed by atoms with van der Waals surface area (Å²) in [6, 6.07) is 8.81. The van der Waals surface area contributed by atoms with Crippen molar-refractivity contribution in [3.05, 3.63) is 35.4 Å². The van der Waals surface area contributed by atoms with Crippen molar-refractivity contribution in [2.75, 3.05) is 19.6 Å². The molecule has 0 aromatic heterocycles. The Labute approximate surface area is 134 Å². The molecule has 2 rings (SSSR count). The molecule has 3 nitrogen and oxygen atoms in total. The number of nitrogens with zero attached hydrogens (tertiary/aromatic N) is 1. The first-order valence-corrected chi connectivity index (χ1v) is 7.64. The molecule has 1 aromatic rings. The van der Waals surface area contributed by atoms with Gasteiger partial charge in [0.25, 0.3) is 0 Å². The van der Waals surface area contributed by atoms with E-state index in [0.717, 1.165) is 31.6 Å². The van der Waals surface area contributed by atoms with Gasteiger partial charge >= 0.3 is 0 Å². The molecule has 0 spiro atoms. The first-order chi connectivity index (χ1) is 9.56. The number of carbonyl (C=O) groups excluding carboxylic acids is 1. The number of piperazine rings is 1. The fourth-order valence-corrected chi connectivity index (χ4v) is 2.75. The second-order valence-corrected chi connectivity index (χ2v) is 6.23. The van der Waals surface area contributed by atoms with Crippen molar-refractivity contribution in [2.45, 2.75) is 39.7 Å². The number of amides is 1. The van der Waals surface area contributed by atoms with Gasteiger partial charge in [0.15, 0.2) is 0 Å². The Morgan fingerprint density at radius 2 is 1.90 bits per heavy atom. The molecule has 1 heterocycles. The molecule has 1 aromatic carbocycles. The van der Waals surface area contributed by atoms with Crippen LogP contribution in [-0.2, 0) is 17.6 Å². The molecule has 0 aliphatic carbocycles. The quantitative estimate of drug-likeness (QED) is 0.927. The SMILES string of the molecule is CC(C)Cc1ccc(CC(=O)N2CCNC[C@@H]2C)cc1.Cl. The van der Waals surface area contributed by atoms with Gasteiger partial charge in [0.1, 0.15) is 0 Å². The van der Waals surface area contributed by atoms with E-state index < -0.39 is 0 Å². The fraction of sp³-hybridized carbons (Fsp3) is 0.588. The number of carbonyl (C=O) groups is 1. The van der Waals surface area contributed by atoms with Crippen molar-refractivity contribution in [2.24, 2.45) is 5.92 Å². The molecule has 1 fully saturated rings. The highest BCUT2D eigenvalue weighted by atomic mass is 35.5. The van der Waals surface area contributed by atoms with E-state index >= 15 is 0 Å². The van der Waals surface area contributed by atoms with Crippen molar-refractivity contribution < 1.29 is 4.79 Å². The average Bonchev–Trinajstić information content (AvgIpc) is 2.41. The van der Waals surface area contributed by atoms with Gasteiger partial charge in [0, 0.05) is 25.7 Å². The van der Waals surface area contributed by atoms with Gasteiger partial charge in [0.05, 0.1) is 6.42 Å². The van der Waals surface area contributed by atoms with E-state index in [9.17, 15) is 4.79 Å². The molecule has 0 unspecified atom stereocenters. The van der Waals surface area contributed by atoms with Gasteiger partial charge in [-0.15, -0.1) is 12.4 Å². The van der Waals surface area contributed by atoms with E-state index in [-0.39, 0.29) is 18.3 Å². The molecule has 1 saturated heterocycles. The summed E-state index contributed by atoms with van der Waals surface area (Å²) < 4.78 is 0. The van der Waals surface area contributed by atoms with Crippen LogP contribution in [0.25, 0.3) is 0 Å². The lowest BCUT2D eigenvalue weighted by Gasteiger charge is -2.34. The Hall–Kier alpha value is -1.06. The summed E-state index contributed by atoms with van der Waals surface area (Å²) in [5, 5.41) is 3.31. The highest BCUT2D eigenvalue weighted by Gasteiger charge is 2.22. The van der Waals surface area contributed by atoms with Gasteiger partial charge in [-0.3, -0.25) is 4.79 Å². The number of benzene rings is 1. The van der Waals surface area contributed by atoms with Crippen LogP contribution in [0.3, 0.4) is 0 Å². The molecule has 1 N–H and O–H groups in total. The molecule has 1 aliphatic heterocycles. The number of hydrogen-bond acceptors (Lipinski definition) is 2. The van der Waals surface area contributed by atoms with Crippen LogP contribution >= 0.6 is 12.4 Å². The first kappa shape index (κ1) is 18.0. The van der Waals surface area contributed by atoms with Crippen molar-refractivity contribution in [1.82, 2.24) is 10.2 Å². The lowest BCUT2D eigenvalue weighted by atomic mass is 10.0. The molecule has 0 bridgehead atoms. The van der Waals surface area contributed by atoms with Crippen LogP contribution in [0.5, 0.6) is 0 Å². The van der Waals surface area contributed by atoms with Crippen molar-refractivity contribution in [3.63, 3.8) is 0 Å². The molecule has 0 saturated carbocycles. The smallest absolute Gasteiger partial charge is 0.227 e. The molecule has 4 heteroatoms. The molecular formula is C17H27ClN2O. The zero-order valence-corrected chi connectivity index (χ0v) is 14.1. The molecule has 1 amide bonds. The largest absolute Gasteiger partial charge is 0.337 e. The Bertz CT molecular complexity index is 445. The summed E-state index contributed by atoms with van der Waals surface area (Å²) in [6.45, 7) is 9.19. The fourth-order valence-electron chi connectivity index (χ4n) is 2.75. The summed E-state index contributed by atoms with van der Waals surface area (Å²) in [5.74, 6) is 0.916. The van der Waals surface area contributed by atoms with Gasteiger partial charge in [-0.25, -0.2) is 0 Å². The summed E-state index contributed by atoms with van der Waals surface area (Å²) in [7, 11) is 0. The number of halogens is 1. The summed E-state index contributed by atoms with van der Waals surface area (Å²) in [5.41, 5.74) is 2.47. The third-order valence-corrected chi connectivity index (χ3v) is 3.84. The van der Waals surface area contributed by atoms with E-state index in [2.05, 4.69) is 50.4 Å². The Kier molecular flexibility index (Phi) is 7.20. The van der Waals surface area contributed by atoms with Gasteiger partial charge in [-0.05, 0) is 30.4 Å². The van der Waals surface area contributed by atoms with Gasteiger partial charge in [0.2, 0.25) is 5.91 Å². The van der Waals surface area contributed by atoms with E-state index in [0.29, 0.717) is 18.4 Å². The van der Waals surface area contributed by atoms with E-state index in [1.165, 1.54) is 5.56 Å². The van der Waals surface area contributed by atoms with E-state index in [4.69, 9.17) is 0 Å². The molecule has 1 atom stereocenters. The highest BCUT2D eigenvalue weighted by Crippen LogP contribution is 2.12. The lowest BCUT2D eigenvalue weighted by Crippen LogP contribution is -2.52. The van der Waals surface area contributed by atoms with Crippen molar-refractivity contribution in [1.29, 1.82) is 0 Å². The minimum atomic E-state index is 0. The van der Waals surface area contributed by atoms with Crippen LogP contribution in [0.4, 0.5) is 0 Å². The van der Waals surface area contributed by atoms with Crippen LogP contribution in [0.2, 0.25) is 0 Å². The maximum atomic E-state index is 12.3. The second kappa shape index (κ2) is 8.40. The Morgan fingerprint density at radius 3 is 2.48 bits per heavy atom. The van der Waals surface area contributed by atoms with E-state index in [1.54, 1.807) is 0 Å². The predicted molar refractivity (Wildman–Crippen MR) is 90.0 cm³/mol. The summed E-state index contributed by atoms with van der Waals surface area (Å²) >= 11 is 0. The summed E-state index contributed by atoms with van der Waals surface area (Å²) in [4.78, 5) is 14.3. The zero-order valence-electron chi connectivity index (χ0n) is 13.3. The first-order valence-electron chi connectivity index (χ1n) is 7.64. The van der Waals surface area contributed by atoms with Crippen LogP contribution in [0.15, 0.2) is 24.3 Å². The highest BCUT2D eigenvalue weighted by molar-refractivity contribution is 5.85. The topological polar surface area (TPSA) is 32.3 Å². The maximum absolute atomic E-state index is 12.3. The third kappa shape index (κ3) is 5.33. The van der Waals surface area contributed by atoms with Crippen LogP contribution < -0.4 is 5.32 Å². The number of rotatable bonds is 4. The molecule has 0 radical (unpaired) electrons. The normalized spacial score (nSPS) is 18.5. The van der Waals surface area contributed by atoms with E-state index in [1.807, 2.05) is 4.90 Å². The van der Waals surface area contributed by atoms with Gasteiger partial charge in [-0.1, -0.05) is 38.1 Å². The minimum absolute atomic E-state index is 0. The van der Waals surface area contributed by atoms with Crippen LogP contribution in [-0.4, -0.2) is 36.5 Å². The van der Waals surface area contributed by atoms with Crippen molar-refractivity contribution in [3.8, 4) is 0 Å². The molecular weight excluding hydrogens is 284 g/mol. The average molecular weight is 311 g/mol. The van der Waals surface area contributed by atoms with Gasteiger partial charge in [-0.2, -0.15) is 0 Å². The minimum Gasteiger partial charge on any atom is -0.337 e. The monoisotopic (exact) mass is 310 g/mol. The van der Waals surface area contributed by atoms with Gasteiger partial charge < -0.3 is 10.2 Å². The van der Waals surface area contributed by atoms with Crippen LogP contribution in [0.1, 0.15) is 31.9 Å². The number of hydrogen-bond donors (Lipinski definition) is 1. The third-order valence-electron chi connectivity index (χ3n) is 3.84. The van der Waals surface area contributed by atoms with Crippen LogP contribution in [0, 0.1) is 5.92 Å². The maximum Gasteiger partial charge on any atom is 0.227 e. The molecule has 1 aliphatic rings. The molecule has 21 heavy (non-hydrogen) atoms.